The molecule has 19 heavy (non-hydrogen) atoms. The number of nitrogens with two attached hydrogens (primary N) is 1. The number of hydrogen-bond acceptors (Lipinski definition) is 4. The number of benzene rings is 2. The molecule has 5 heteroatoms. The van der Waals surface area contributed by atoms with Gasteiger partial charge in [0.05, 0.1) is 0 Å². The van der Waals surface area contributed by atoms with Crippen LogP contribution in [-0.2, 0) is 6.61 Å². The Hall–Kier alpha value is -2.01. The molecule has 0 unspecified atom stereocenters. The van der Waals surface area contributed by atoms with E-state index in [4.69, 9.17) is 14.9 Å². The van der Waals surface area contributed by atoms with Gasteiger partial charge in [-0.2, -0.15) is 0 Å². The smallest absolute Gasteiger partial charge is 0.233 e. The van der Waals surface area contributed by atoms with Crippen molar-refractivity contribution in [3.05, 3.63) is 52.8 Å². The van der Waals surface area contributed by atoms with Crippen molar-refractivity contribution >= 4 is 32.7 Å². The fraction of sp³-hybridized carbons (Fsp3) is 0.0714. The normalized spacial score (nSPS) is 10.8. The van der Waals surface area contributed by atoms with E-state index < -0.39 is 0 Å². The van der Waals surface area contributed by atoms with Crippen LogP contribution in [0.5, 0.6) is 5.75 Å². The molecule has 4 nitrogen and oxygen atoms in total. The highest BCUT2D eigenvalue weighted by Gasteiger charge is 2.06. The number of fused-ring (bicyclic) bond motifs is 1. The van der Waals surface area contributed by atoms with Gasteiger partial charge in [0.25, 0.3) is 0 Å². The Morgan fingerprint density at radius 1 is 1.16 bits per heavy atom. The van der Waals surface area contributed by atoms with Crippen LogP contribution in [0.2, 0.25) is 0 Å². The summed E-state index contributed by atoms with van der Waals surface area (Å²) < 4.78 is 12.2. The topological polar surface area (TPSA) is 61.3 Å². The van der Waals surface area contributed by atoms with Crippen molar-refractivity contribution in [1.82, 2.24) is 4.98 Å². The van der Waals surface area contributed by atoms with Gasteiger partial charge < -0.3 is 14.9 Å². The van der Waals surface area contributed by atoms with E-state index in [9.17, 15) is 0 Å². The SMILES string of the molecule is Nc1ccc2nc(COc3ccc(Br)cc3)oc2c1. The van der Waals surface area contributed by atoms with E-state index in [1.54, 1.807) is 12.1 Å². The van der Waals surface area contributed by atoms with Gasteiger partial charge >= 0.3 is 0 Å². The largest absolute Gasteiger partial charge is 0.484 e. The van der Waals surface area contributed by atoms with Crippen LogP contribution in [0.4, 0.5) is 5.69 Å². The first-order chi connectivity index (χ1) is 9.20. The summed E-state index contributed by atoms with van der Waals surface area (Å²) in [6, 6.07) is 13.0. The van der Waals surface area contributed by atoms with E-state index in [1.165, 1.54) is 0 Å². The number of hydrogen-bond donors (Lipinski definition) is 1. The van der Waals surface area contributed by atoms with Crippen molar-refractivity contribution in [2.75, 3.05) is 5.73 Å². The third-order valence-corrected chi connectivity index (χ3v) is 3.16. The monoisotopic (exact) mass is 318 g/mol. The molecule has 1 aromatic heterocycles. The number of oxazole rings is 1. The maximum atomic E-state index is 5.69. The average Bonchev–Trinajstić information content (AvgIpc) is 2.80. The van der Waals surface area contributed by atoms with Gasteiger partial charge in [0.1, 0.15) is 11.3 Å². The molecule has 0 aliphatic carbocycles. The average molecular weight is 319 g/mol. The molecule has 0 bridgehead atoms. The lowest BCUT2D eigenvalue weighted by atomic mass is 10.3. The van der Waals surface area contributed by atoms with Crippen molar-refractivity contribution in [3.63, 3.8) is 0 Å². The molecule has 0 fully saturated rings. The van der Waals surface area contributed by atoms with Gasteiger partial charge in [0.15, 0.2) is 12.2 Å². The summed E-state index contributed by atoms with van der Waals surface area (Å²) >= 11 is 3.37. The molecule has 3 aromatic rings. The maximum Gasteiger partial charge on any atom is 0.233 e. The molecule has 0 saturated carbocycles. The van der Waals surface area contributed by atoms with Gasteiger partial charge in [-0.3, -0.25) is 0 Å². The molecule has 0 radical (unpaired) electrons. The number of aromatic nitrogens is 1. The zero-order valence-corrected chi connectivity index (χ0v) is 11.6. The molecule has 2 aromatic carbocycles. The van der Waals surface area contributed by atoms with Crippen LogP contribution in [0.3, 0.4) is 0 Å². The standard InChI is InChI=1S/C14H11BrN2O2/c15-9-1-4-11(5-2-9)18-8-14-17-12-6-3-10(16)7-13(12)19-14/h1-7H,8,16H2. The fourth-order valence-corrected chi connectivity index (χ4v) is 1.99. The third-order valence-electron chi connectivity index (χ3n) is 2.63. The first-order valence-electron chi connectivity index (χ1n) is 5.74. The van der Waals surface area contributed by atoms with Crippen LogP contribution in [0.1, 0.15) is 5.89 Å². The minimum Gasteiger partial charge on any atom is -0.484 e. The summed E-state index contributed by atoms with van der Waals surface area (Å²) in [5, 5.41) is 0. The Kier molecular flexibility index (Phi) is 3.13. The highest BCUT2D eigenvalue weighted by Crippen LogP contribution is 2.20. The molecule has 3 rings (SSSR count). The molecule has 96 valence electrons. The predicted molar refractivity (Wildman–Crippen MR) is 76.9 cm³/mol. The Bertz CT molecular complexity index is 707. The second kappa shape index (κ2) is 4.93. The van der Waals surface area contributed by atoms with Crippen molar-refractivity contribution in [3.8, 4) is 5.75 Å². The van der Waals surface area contributed by atoms with Crippen molar-refractivity contribution < 1.29 is 9.15 Å². The molecule has 2 N–H and O–H groups in total. The molecular formula is C14H11BrN2O2. The Balaban J connectivity index is 1.76. The minimum atomic E-state index is 0.288. The highest BCUT2D eigenvalue weighted by molar-refractivity contribution is 9.10. The highest BCUT2D eigenvalue weighted by atomic mass is 79.9. The Labute approximate surface area is 118 Å². The van der Waals surface area contributed by atoms with Crippen molar-refractivity contribution in [2.24, 2.45) is 0 Å². The minimum absolute atomic E-state index is 0.288. The van der Waals surface area contributed by atoms with Crippen LogP contribution >= 0.6 is 15.9 Å². The summed E-state index contributed by atoms with van der Waals surface area (Å²) in [6.07, 6.45) is 0. The lowest BCUT2D eigenvalue weighted by Gasteiger charge is -2.02. The number of ether oxygens (including phenoxy) is 1. The van der Waals surface area contributed by atoms with E-state index in [-0.39, 0.29) is 6.61 Å². The van der Waals surface area contributed by atoms with Crippen LogP contribution < -0.4 is 10.5 Å². The van der Waals surface area contributed by atoms with E-state index >= 15 is 0 Å². The summed E-state index contributed by atoms with van der Waals surface area (Å²) in [6.45, 7) is 0.288. The second-order valence-corrected chi connectivity index (χ2v) is 4.99. The number of anilines is 1. The number of nitrogens with zero attached hydrogens (tertiary/aromatic N) is 1. The zero-order valence-electron chi connectivity index (χ0n) is 9.97. The molecule has 1 heterocycles. The van der Waals surface area contributed by atoms with E-state index in [1.807, 2.05) is 30.3 Å². The number of halogens is 1. The molecular weight excluding hydrogens is 308 g/mol. The number of nitrogen functional groups attached to an aromatic ring is 1. The van der Waals surface area contributed by atoms with E-state index in [0.717, 1.165) is 15.7 Å². The first kappa shape index (κ1) is 12.0. The van der Waals surface area contributed by atoms with Crippen molar-refractivity contribution in [1.29, 1.82) is 0 Å². The summed E-state index contributed by atoms with van der Waals surface area (Å²) in [7, 11) is 0. The Morgan fingerprint density at radius 3 is 2.74 bits per heavy atom. The fourth-order valence-electron chi connectivity index (χ4n) is 1.73. The van der Waals surface area contributed by atoms with Gasteiger partial charge in [0.2, 0.25) is 5.89 Å². The van der Waals surface area contributed by atoms with Gasteiger partial charge in [-0.25, -0.2) is 4.98 Å². The Morgan fingerprint density at radius 2 is 1.95 bits per heavy atom. The van der Waals surface area contributed by atoms with E-state index in [0.29, 0.717) is 17.2 Å². The lowest BCUT2D eigenvalue weighted by molar-refractivity contribution is 0.267. The van der Waals surface area contributed by atoms with Gasteiger partial charge in [-0.05, 0) is 36.4 Å². The lowest BCUT2D eigenvalue weighted by Crippen LogP contribution is -1.94. The zero-order chi connectivity index (χ0) is 13.2. The van der Waals surface area contributed by atoms with E-state index in [2.05, 4.69) is 20.9 Å². The second-order valence-electron chi connectivity index (χ2n) is 4.08. The van der Waals surface area contributed by atoms with Gasteiger partial charge in [-0.1, -0.05) is 15.9 Å². The van der Waals surface area contributed by atoms with Crippen molar-refractivity contribution in [2.45, 2.75) is 6.61 Å². The van der Waals surface area contributed by atoms with Gasteiger partial charge in [0, 0.05) is 16.2 Å². The van der Waals surface area contributed by atoms with Gasteiger partial charge in [-0.15, -0.1) is 0 Å². The molecule has 0 atom stereocenters. The maximum absolute atomic E-state index is 5.69. The quantitative estimate of drug-likeness (QED) is 0.747. The molecule has 0 aliphatic heterocycles. The predicted octanol–water partition coefficient (Wildman–Crippen LogP) is 3.75. The molecule has 0 aliphatic rings. The summed E-state index contributed by atoms with van der Waals surface area (Å²) in [5.41, 5.74) is 7.80. The third kappa shape index (κ3) is 2.71. The van der Waals surface area contributed by atoms with Crippen LogP contribution in [-0.4, -0.2) is 4.98 Å². The molecule has 0 amide bonds. The summed E-state index contributed by atoms with van der Waals surface area (Å²) in [4.78, 5) is 4.33. The first-order valence-corrected chi connectivity index (χ1v) is 6.53. The van der Waals surface area contributed by atoms with Crippen LogP contribution in [0, 0.1) is 0 Å². The van der Waals surface area contributed by atoms with Crippen LogP contribution in [0.15, 0.2) is 51.4 Å². The molecule has 0 saturated heterocycles. The number of rotatable bonds is 3. The summed E-state index contributed by atoms with van der Waals surface area (Å²) in [5.74, 6) is 1.30. The van der Waals surface area contributed by atoms with Crippen LogP contribution in [0.25, 0.3) is 11.1 Å². The molecule has 0 spiro atoms.